The van der Waals surface area contributed by atoms with Crippen molar-refractivity contribution >= 4 is 5.97 Å². The number of hydrogen-bond acceptors (Lipinski definition) is 3. The number of benzene rings is 1. The van der Waals surface area contributed by atoms with Crippen LogP contribution in [0.3, 0.4) is 0 Å². The highest BCUT2D eigenvalue weighted by molar-refractivity contribution is 5.90. The molecule has 0 spiro atoms. The lowest BCUT2D eigenvalue weighted by Gasteiger charge is -2.20. The van der Waals surface area contributed by atoms with Gasteiger partial charge in [0.1, 0.15) is 11.4 Å². The molecule has 0 aliphatic carbocycles. The molecule has 0 amide bonds. The Morgan fingerprint density at radius 2 is 2.00 bits per heavy atom. The number of esters is 1. The van der Waals surface area contributed by atoms with Gasteiger partial charge in [-0.15, -0.1) is 0 Å². The Bertz CT molecular complexity index is 436. The van der Waals surface area contributed by atoms with E-state index in [4.69, 9.17) is 9.84 Å². The van der Waals surface area contributed by atoms with Crippen molar-refractivity contribution in [2.75, 3.05) is 6.61 Å². The van der Waals surface area contributed by atoms with E-state index < -0.39 is 17.4 Å². The molecule has 0 unspecified atom stereocenters. The van der Waals surface area contributed by atoms with Crippen LogP contribution in [-0.2, 0) is 11.2 Å². The minimum absolute atomic E-state index is 0.0311. The van der Waals surface area contributed by atoms with Gasteiger partial charge in [-0.05, 0) is 51.7 Å². The van der Waals surface area contributed by atoms with Crippen molar-refractivity contribution < 1.29 is 19.0 Å². The Balaban J connectivity index is 2.85. The Morgan fingerprint density at radius 1 is 1.32 bits per heavy atom. The number of ether oxygens (including phenoxy) is 1. The lowest BCUT2D eigenvalue weighted by atomic mass is 10.0. The molecule has 0 saturated carbocycles. The zero-order chi connectivity index (χ0) is 14.5. The van der Waals surface area contributed by atoms with Crippen LogP contribution in [0.1, 0.15) is 49.5 Å². The third-order valence-electron chi connectivity index (χ3n) is 2.55. The quantitative estimate of drug-likeness (QED) is 0.659. The molecule has 1 rings (SSSR count). The Kier molecular flexibility index (Phi) is 5.48. The summed E-state index contributed by atoms with van der Waals surface area (Å²) in [5.74, 6) is -1.16. The molecule has 106 valence electrons. The van der Waals surface area contributed by atoms with Crippen LogP contribution in [0, 0.1) is 5.82 Å². The average molecular weight is 268 g/mol. The minimum atomic E-state index is -0.644. The summed E-state index contributed by atoms with van der Waals surface area (Å²) >= 11 is 0. The summed E-state index contributed by atoms with van der Waals surface area (Å²) in [5, 5.41) is 8.72. The number of rotatable bonds is 5. The maximum absolute atomic E-state index is 14.2. The third-order valence-corrected chi connectivity index (χ3v) is 2.55. The Morgan fingerprint density at radius 3 is 2.58 bits per heavy atom. The molecular weight excluding hydrogens is 247 g/mol. The van der Waals surface area contributed by atoms with Crippen LogP contribution >= 0.6 is 0 Å². The van der Waals surface area contributed by atoms with E-state index in [1.807, 2.05) is 0 Å². The lowest BCUT2D eigenvalue weighted by Crippen LogP contribution is -2.24. The standard InChI is InChI=1S/C15H21FO3/c1-15(2,3)19-14(18)12-9-6-8-11(13(12)16)7-4-5-10-17/h6,8-9,17H,4-5,7,10H2,1-3H3. The van der Waals surface area contributed by atoms with Crippen molar-refractivity contribution in [3.8, 4) is 0 Å². The second-order valence-corrected chi connectivity index (χ2v) is 5.46. The first kappa shape index (κ1) is 15.6. The molecule has 4 heteroatoms. The van der Waals surface area contributed by atoms with Crippen molar-refractivity contribution in [1.82, 2.24) is 0 Å². The number of halogens is 1. The molecule has 0 heterocycles. The fourth-order valence-corrected chi connectivity index (χ4v) is 1.69. The molecular formula is C15H21FO3. The molecule has 0 bridgehead atoms. The predicted molar refractivity (Wildman–Crippen MR) is 71.6 cm³/mol. The largest absolute Gasteiger partial charge is 0.456 e. The summed E-state index contributed by atoms with van der Waals surface area (Å²) in [4.78, 5) is 11.9. The van der Waals surface area contributed by atoms with Crippen molar-refractivity contribution in [3.05, 3.63) is 35.1 Å². The molecule has 1 N–H and O–H groups in total. The van der Waals surface area contributed by atoms with E-state index >= 15 is 0 Å². The molecule has 1 aromatic rings. The van der Waals surface area contributed by atoms with Crippen molar-refractivity contribution in [2.24, 2.45) is 0 Å². The van der Waals surface area contributed by atoms with Gasteiger partial charge in [-0.1, -0.05) is 12.1 Å². The van der Waals surface area contributed by atoms with Gasteiger partial charge in [-0.3, -0.25) is 0 Å². The van der Waals surface area contributed by atoms with Gasteiger partial charge in [-0.2, -0.15) is 0 Å². The summed E-state index contributed by atoms with van der Waals surface area (Å²) in [6.07, 6.45) is 1.81. The summed E-state index contributed by atoms with van der Waals surface area (Å²) in [6.45, 7) is 5.32. The number of aliphatic hydroxyl groups excluding tert-OH is 1. The lowest BCUT2D eigenvalue weighted by molar-refractivity contribution is 0.00644. The van der Waals surface area contributed by atoms with Gasteiger partial charge in [0.2, 0.25) is 0 Å². The zero-order valence-corrected chi connectivity index (χ0v) is 11.7. The van der Waals surface area contributed by atoms with Gasteiger partial charge in [-0.25, -0.2) is 9.18 Å². The normalized spacial score (nSPS) is 11.4. The number of unbranched alkanes of at least 4 members (excludes halogenated alkanes) is 1. The molecule has 0 atom stereocenters. The molecule has 19 heavy (non-hydrogen) atoms. The van der Waals surface area contributed by atoms with E-state index in [1.165, 1.54) is 6.07 Å². The highest BCUT2D eigenvalue weighted by Gasteiger charge is 2.21. The van der Waals surface area contributed by atoms with E-state index in [0.717, 1.165) is 0 Å². The van der Waals surface area contributed by atoms with Crippen molar-refractivity contribution in [1.29, 1.82) is 0 Å². The topological polar surface area (TPSA) is 46.5 Å². The van der Waals surface area contributed by atoms with Gasteiger partial charge >= 0.3 is 5.97 Å². The molecule has 0 fully saturated rings. The maximum atomic E-state index is 14.2. The fraction of sp³-hybridized carbons (Fsp3) is 0.533. The van der Waals surface area contributed by atoms with Gasteiger partial charge in [0.15, 0.2) is 0 Å². The average Bonchev–Trinajstić information content (AvgIpc) is 2.29. The first-order valence-electron chi connectivity index (χ1n) is 6.47. The van der Waals surface area contributed by atoms with Gasteiger partial charge in [0.05, 0.1) is 5.56 Å². The summed E-state index contributed by atoms with van der Waals surface area (Å²) < 4.78 is 19.3. The second-order valence-electron chi connectivity index (χ2n) is 5.46. The summed E-state index contributed by atoms with van der Waals surface area (Å²) in [5.41, 5.74) is -0.190. The molecule has 3 nitrogen and oxygen atoms in total. The summed E-state index contributed by atoms with van der Waals surface area (Å²) in [7, 11) is 0. The Hall–Kier alpha value is -1.42. The molecule has 0 saturated heterocycles. The Labute approximate surface area is 113 Å². The molecule has 0 radical (unpaired) electrons. The van der Waals surface area contributed by atoms with Crippen molar-refractivity contribution in [2.45, 2.75) is 45.6 Å². The highest BCUT2D eigenvalue weighted by atomic mass is 19.1. The monoisotopic (exact) mass is 268 g/mol. The van der Waals surface area contributed by atoms with E-state index in [1.54, 1.807) is 32.9 Å². The van der Waals surface area contributed by atoms with Gasteiger partial charge in [0, 0.05) is 6.61 Å². The number of aliphatic hydroxyl groups is 1. The SMILES string of the molecule is CC(C)(C)OC(=O)c1cccc(CCCCO)c1F. The van der Waals surface area contributed by atoms with Gasteiger partial charge in [0.25, 0.3) is 0 Å². The van der Waals surface area contributed by atoms with E-state index in [9.17, 15) is 9.18 Å². The number of carbonyl (C=O) groups excluding carboxylic acids is 1. The minimum Gasteiger partial charge on any atom is -0.456 e. The van der Waals surface area contributed by atoms with E-state index in [-0.39, 0.29) is 12.2 Å². The van der Waals surface area contributed by atoms with Crippen LogP contribution in [0.4, 0.5) is 4.39 Å². The number of hydrogen-bond donors (Lipinski definition) is 1. The van der Waals surface area contributed by atoms with Crippen LogP contribution in [0.15, 0.2) is 18.2 Å². The second kappa shape index (κ2) is 6.66. The van der Waals surface area contributed by atoms with Crippen LogP contribution in [0.25, 0.3) is 0 Å². The first-order chi connectivity index (χ1) is 8.85. The molecule has 0 aliphatic heterocycles. The van der Waals surface area contributed by atoms with Crippen LogP contribution < -0.4 is 0 Å². The molecule has 0 aromatic heterocycles. The van der Waals surface area contributed by atoms with Crippen LogP contribution in [0.2, 0.25) is 0 Å². The zero-order valence-electron chi connectivity index (χ0n) is 11.7. The number of aryl methyl sites for hydroxylation is 1. The van der Waals surface area contributed by atoms with Gasteiger partial charge < -0.3 is 9.84 Å². The smallest absolute Gasteiger partial charge is 0.341 e. The van der Waals surface area contributed by atoms with E-state index in [2.05, 4.69) is 0 Å². The van der Waals surface area contributed by atoms with E-state index in [0.29, 0.717) is 24.8 Å². The fourth-order valence-electron chi connectivity index (χ4n) is 1.69. The molecule has 0 aliphatic rings. The summed E-state index contributed by atoms with van der Waals surface area (Å²) in [6, 6.07) is 4.73. The number of carbonyl (C=O) groups is 1. The van der Waals surface area contributed by atoms with Crippen molar-refractivity contribution in [3.63, 3.8) is 0 Å². The van der Waals surface area contributed by atoms with Crippen LogP contribution in [0.5, 0.6) is 0 Å². The first-order valence-corrected chi connectivity index (χ1v) is 6.47. The predicted octanol–water partition coefficient (Wildman–Crippen LogP) is 3.10. The van der Waals surface area contributed by atoms with Crippen LogP contribution in [-0.4, -0.2) is 23.3 Å². The molecule has 1 aromatic carbocycles. The third kappa shape index (κ3) is 4.99. The highest BCUT2D eigenvalue weighted by Crippen LogP contribution is 2.19. The maximum Gasteiger partial charge on any atom is 0.341 e.